The van der Waals surface area contributed by atoms with Gasteiger partial charge in [-0.25, -0.2) is 0 Å². The average molecular weight is 501 g/mol. The van der Waals surface area contributed by atoms with Crippen LogP contribution in [-0.4, -0.2) is 37.2 Å². The molecule has 0 amide bonds. The highest BCUT2D eigenvalue weighted by atomic mass is 16.5. The lowest BCUT2D eigenvalue weighted by Gasteiger charge is -2.22. The maximum absolute atomic E-state index is 8.24. The summed E-state index contributed by atoms with van der Waals surface area (Å²) in [4.78, 5) is 0. The van der Waals surface area contributed by atoms with E-state index in [-0.39, 0.29) is 17.5 Å². The first-order valence-corrected chi connectivity index (χ1v) is 12.3. The largest absolute Gasteiger partial charge is 0.494 e. The van der Waals surface area contributed by atoms with Gasteiger partial charge in [-0.3, -0.25) is 16.2 Å². The van der Waals surface area contributed by atoms with Crippen molar-refractivity contribution in [2.75, 3.05) is 30.3 Å². The Labute approximate surface area is 217 Å². The van der Waals surface area contributed by atoms with Crippen LogP contribution in [0.15, 0.2) is 48.5 Å². The van der Waals surface area contributed by atoms with Crippen LogP contribution in [0.4, 0.5) is 11.4 Å². The Morgan fingerprint density at radius 1 is 0.730 bits per heavy atom. The number of hydrogen-bond donors (Lipinski definition) is 8. The van der Waals surface area contributed by atoms with Crippen LogP contribution in [-0.2, 0) is 0 Å². The lowest BCUT2D eigenvalue weighted by molar-refractivity contribution is 0.340. The standard InChI is InChI=1S/C28H36N8O/c1-4-11-36-25-23(21-14-17(35-5-2)7-9-19(21)27(31)32)12-16(26(29)30)13-24(25)22-15-18(37-6-3)8-10-20(22)28(33)34/h7-10,12-15,35-36H,4-6,11H2,1-3H3,(H3,29,30)(H3,31,32)(H3,33,34). The van der Waals surface area contributed by atoms with Crippen molar-refractivity contribution < 1.29 is 4.74 Å². The van der Waals surface area contributed by atoms with E-state index in [4.69, 9.17) is 38.2 Å². The lowest BCUT2D eigenvalue weighted by Crippen LogP contribution is -2.16. The van der Waals surface area contributed by atoms with Gasteiger partial charge in [0, 0.05) is 46.6 Å². The number of nitrogens with two attached hydrogens (primary N) is 3. The van der Waals surface area contributed by atoms with Crippen molar-refractivity contribution in [2.24, 2.45) is 17.2 Å². The molecule has 0 fully saturated rings. The molecule has 0 aromatic heterocycles. The molecule has 0 atom stereocenters. The molecule has 0 saturated carbocycles. The van der Waals surface area contributed by atoms with Gasteiger partial charge in [0.25, 0.3) is 0 Å². The molecule has 0 aliphatic heterocycles. The van der Waals surface area contributed by atoms with Crippen LogP contribution in [0.2, 0.25) is 0 Å². The van der Waals surface area contributed by atoms with Crippen LogP contribution >= 0.6 is 0 Å². The molecule has 0 aliphatic carbocycles. The second kappa shape index (κ2) is 11.9. The maximum atomic E-state index is 8.24. The van der Waals surface area contributed by atoms with E-state index in [1.54, 1.807) is 12.1 Å². The van der Waals surface area contributed by atoms with Crippen LogP contribution < -0.4 is 32.6 Å². The van der Waals surface area contributed by atoms with Gasteiger partial charge in [0.05, 0.1) is 12.3 Å². The number of nitrogens with one attached hydrogen (secondary N) is 5. The number of rotatable bonds is 12. The Hall–Kier alpha value is -4.53. The van der Waals surface area contributed by atoms with E-state index < -0.39 is 0 Å². The molecular formula is C28H36N8O. The molecule has 9 nitrogen and oxygen atoms in total. The number of anilines is 2. The van der Waals surface area contributed by atoms with Crippen molar-refractivity contribution in [3.8, 4) is 28.0 Å². The van der Waals surface area contributed by atoms with Gasteiger partial charge < -0.3 is 32.6 Å². The fourth-order valence-electron chi connectivity index (χ4n) is 4.22. The minimum Gasteiger partial charge on any atom is -0.494 e. The van der Waals surface area contributed by atoms with Gasteiger partial charge in [-0.15, -0.1) is 0 Å². The molecule has 0 aliphatic rings. The highest BCUT2D eigenvalue weighted by molar-refractivity contribution is 6.10. The highest BCUT2D eigenvalue weighted by Crippen LogP contribution is 2.42. The maximum Gasteiger partial charge on any atom is 0.123 e. The normalized spacial score (nSPS) is 10.6. The van der Waals surface area contributed by atoms with Gasteiger partial charge in [-0.1, -0.05) is 6.92 Å². The second-order valence-electron chi connectivity index (χ2n) is 8.55. The number of benzene rings is 3. The summed E-state index contributed by atoms with van der Waals surface area (Å²) in [5.74, 6) is 0.365. The molecule has 194 valence electrons. The zero-order valence-corrected chi connectivity index (χ0v) is 21.6. The summed E-state index contributed by atoms with van der Waals surface area (Å²) in [7, 11) is 0. The fraction of sp³-hybridized carbons (Fsp3) is 0.250. The van der Waals surface area contributed by atoms with Gasteiger partial charge in [0.15, 0.2) is 0 Å². The quantitative estimate of drug-likeness (QED) is 0.133. The smallest absolute Gasteiger partial charge is 0.123 e. The molecule has 0 bridgehead atoms. The molecule has 0 radical (unpaired) electrons. The van der Waals surface area contributed by atoms with Crippen molar-refractivity contribution >= 4 is 28.9 Å². The number of nitrogen functional groups attached to an aromatic ring is 3. The zero-order valence-electron chi connectivity index (χ0n) is 21.6. The minimum atomic E-state index is -0.109. The molecule has 3 aromatic rings. The molecule has 3 aromatic carbocycles. The molecule has 0 spiro atoms. The molecule has 0 unspecified atom stereocenters. The highest BCUT2D eigenvalue weighted by Gasteiger charge is 2.21. The SMILES string of the molecule is CCCNc1c(-c2cc(NCC)ccc2C(=N)N)cc(C(=N)N)cc1-c1cc(OCC)ccc1C(=N)N. The Morgan fingerprint density at radius 3 is 1.84 bits per heavy atom. The Bertz CT molecular complexity index is 1240. The molecule has 37 heavy (non-hydrogen) atoms. The van der Waals surface area contributed by atoms with Crippen molar-refractivity contribution in [3.63, 3.8) is 0 Å². The van der Waals surface area contributed by atoms with Crippen LogP contribution in [0.1, 0.15) is 43.9 Å². The molecule has 3 rings (SSSR count). The van der Waals surface area contributed by atoms with E-state index in [1.807, 2.05) is 50.2 Å². The first kappa shape index (κ1) is 27.1. The molecular weight excluding hydrogens is 464 g/mol. The summed E-state index contributed by atoms with van der Waals surface area (Å²) in [6, 6.07) is 14.7. The van der Waals surface area contributed by atoms with Crippen molar-refractivity contribution in [3.05, 3.63) is 65.2 Å². The van der Waals surface area contributed by atoms with E-state index in [0.717, 1.165) is 35.5 Å². The molecule has 0 saturated heterocycles. The number of ether oxygens (including phenoxy) is 1. The Kier molecular flexibility index (Phi) is 8.73. The van der Waals surface area contributed by atoms with Gasteiger partial charge in [-0.2, -0.15) is 0 Å². The third-order valence-electron chi connectivity index (χ3n) is 5.86. The molecule has 9 heteroatoms. The second-order valence-corrected chi connectivity index (χ2v) is 8.55. The minimum absolute atomic E-state index is 0.0722. The van der Waals surface area contributed by atoms with Crippen molar-refractivity contribution in [2.45, 2.75) is 27.2 Å². The van der Waals surface area contributed by atoms with E-state index in [2.05, 4.69) is 17.6 Å². The summed E-state index contributed by atoms with van der Waals surface area (Å²) in [5.41, 5.74) is 24.1. The van der Waals surface area contributed by atoms with Crippen LogP contribution in [0.3, 0.4) is 0 Å². The van der Waals surface area contributed by atoms with Gasteiger partial charge in [0.2, 0.25) is 0 Å². The topological polar surface area (TPSA) is 183 Å². The lowest BCUT2D eigenvalue weighted by atomic mass is 9.88. The van der Waals surface area contributed by atoms with Gasteiger partial charge in [-0.05, 0) is 79.9 Å². The summed E-state index contributed by atoms with van der Waals surface area (Å²) in [5, 5.41) is 31.6. The van der Waals surface area contributed by atoms with Crippen LogP contribution in [0, 0.1) is 16.2 Å². The number of amidine groups is 3. The first-order valence-electron chi connectivity index (χ1n) is 12.3. The van der Waals surface area contributed by atoms with E-state index in [9.17, 15) is 0 Å². The Morgan fingerprint density at radius 2 is 1.32 bits per heavy atom. The van der Waals surface area contributed by atoms with E-state index >= 15 is 0 Å². The fourth-order valence-corrected chi connectivity index (χ4v) is 4.22. The van der Waals surface area contributed by atoms with E-state index in [0.29, 0.717) is 46.7 Å². The molecule has 11 N–H and O–H groups in total. The van der Waals surface area contributed by atoms with E-state index in [1.165, 1.54) is 0 Å². The summed E-state index contributed by atoms with van der Waals surface area (Å²) < 4.78 is 5.76. The summed E-state index contributed by atoms with van der Waals surface area (Å²) in [6.07, 6.45) is 0.864. The first-order chi connectivity index (χ1) is 17.7. The van der Waals surface area contributed by atoms with Crippen LogP contribution in [0.5, 0.6) is 5.75 Å². The van der Waals surface area contributed by atoms with Crippen LogP contribution in [0.25, 0.3) is 22.3 Å². The van der Waals surface area contributed by atoms with Crippen molar-refractivity contribution in [1.82, 2.24) is 0 Å². The monoisotopic (exact) mass is 500 g/mol. The van der Waals surface area contributed by atoms with Crippen molar-refractivity contribution in [1.29, 1.82) is 16.2 Å². The predicted octanol–water partition coefficient (Wildman–Crippen LogP) is 4.53. The third-order valence-corrected chi connectivity index (χ3v) is 5.86. The zero-order chi connectivity index (χ0) is 27.1. The predicted molar refractivity (Wildman–Crippen MR) is 154 cm³/mol. The Balaban J connectivity index is 2.48. The molecule has 0 heterocycles. The van der Waals surface area contributed by atoms with Gasteiger partial charge in [0.1, 0.15) is 23.3 Å². The summed E-state index contributed by atoms with van der Waals surface area (Å²) in [6.45, 7) is 7.86. The summed E-state index contributed by atoms with van der Waals surface area (Å²) >= 11 is 0. The third kappa shape index (κ3) is 6.00. The number of hydrogen-bond acceptors (Lipinski definition) is 6. The van der Waals surface area contributed by atoms with Gasteiger partial charge >= 0.3 is 0 Å². The average Bonchev–Trinajstić information content (AvgIpc) is 2.87.